The van der Waals surface area contributed by atoms with Gasteiger partial charge in [-0.15, -0.1) is 23.7 Å². The molecule has 0 bridgehead atoms. The second-order valence-corrected chi connectivity index (χ2v) is 6.64. The minimum absolute atomic E-state index is 0. The highest BCUT2D eigenvalue weighted by Gasteiger charge is 2.29. The third kappa shape index (κ3) is 3.88. The highest BCUT2D eigenvalue weighted by atomic mass is 35.5. The number of rotatable bonds is 5. The van der Waals surface area contributed by atoms with E-state index in [-0.39, 0.29) is 18.3 Å². The standard InChI is InChI=1S/C17H21N3O2S.ClH/c1-18-10-13-4-3-9-20(13)17(21)15-11-19-16(23-15)12-5-7-14(22-2)8-6-12;/h5-8,11,13,18H,3-4,9-10H2,1-2H3;1H. The fourth-order valence-corrected chi connectivity index (χ4v) is 3.81. The maximum Gasteiger partial charge on any atom is 0.265 e. The topological polar surface area (TPSA) is 54.5 Å². The molecule has 1 fully saturated rings. The van der Waals surface area contributed by atoms with E-state index in [4.69, 9.17) is 4.74 Å². The Morgan fingerprint density at radius 2 is 2.17 bits per heavy atom. The van der Waals surface area contributed by atoms with Crippen LogP contribution in [-0.2, 0) is 0 Å². The van der Waals surface area contributed by atoms with Gasteiger partial charge in [-0.1, -0.05) is 0 Å². The minimum atomic E-state index is 0. The molecule has 0 radical (unpaired) electrons. The average Bonchev–Trinajstić information content (AvgIpc) is 3.24. The lowest BCUT2D eigenvalue weighted by molar-refractivity contribution is 0.0741. The maximum atomic E-state index is 12.7. The molecule has 1 unspecified atom stereocenters. The van der Waals surface area contributed by atoms with Gasteiger partial charge >= 0.3 is 0 Å². The van der Waals surface area contributed by atoms with Crippen LogP contribution < -0.4 is 10.1 Å². The third-order valence-corrected chi connectivity index (χ3v) is 5.17. The van der Waals surface area contributed by atoms with Gasteiger partial charge in [0.25, 0.3) is 5.91 Å². The van der Waals surface area contributed by atoms with Gasteiger partial charge in [0.1, 0.15) is 15.6 Å². The molecule has 2 heterocycles. The second-order valence-electron chi connectivity index (χ2n) is 5.61. The van der Waals surface area contributed by atoms with E-state index in [0.717, 1.165) is 42.3 Å². The van der Waals surface area contributed by atoms with Crippen molar-refractivity contribution in [2.45, 2.75) is 18.9 Å². The van der Waals surface area contributed by atoms with Crippen molar-refractivity contribution in [2.24, 2.45) is 0 Å². The Bertz CT molecular complexity index is 675. The van der Waals surface area contributed by atoms with Crippen LogP contribution in [0.2, 0.25) is 0 Å². The van der Waals surface area contributed by atoms with E-state index in [9.17, 15) is 4.79 Å². The van der Waals surface area contributed by atoms with Crippen LogP contribution in [0.5, 0.6) is 5.75 Å². The van der Waals surface area contributed by atoms with Gasteiger partial charge < -0.3 is 15.0 Å². The van der Waals surface area contributed by atoms with Crippen LogP contribution in [0.4, 0.5) is 0 Å². The first-order chi connectivity index (χ1) is 11.2. The summed E-state index contributed by atoms with van der Waals surface area (Å²) in [6.07, 6.45) is 3.83. The third-order valence-electron chi connectivity index (χ3n) is 4.13. The summed E-state index contributed by atoms with van der Waals surface area (Å²) in [4.78, 5) is 19.8. The Morgan fingerprint density at radius 3 is 2.83 bits per heavy atom. The molecule has 130 valence electrons. The van der Waals surface area contributed by atoms with Crippen molar-refractivity contribution >= 4 is 29.7 Å². The van der Waals surface area contributed by atoms with Crippen LogP contribution in [0.25, 0.3) is 10.6 Å². The number of likely N-dealkylation sites (N-methyl/N-ethyl adjacent to an activating group) is 1. The lowest BCUT2D eigenvalue weighted by Crippen LogP contribution is -2.40. The van der Waals surface area contributed by atoms with Crippen molar-refractivity contribution < 1.29 is 9.53 Å². The molecule has 3 rings (SSSR count). The number of carbonyl (C=O) groups is 1. The average molecular weight is 368 g/mol. The first-order valence-electron chi connectivity index (χ1n) is 7.78. The monoisotopic (exact) mass is 367 g/mol. The van der Waals surface area contributed by atoms with Crippen LogP contribution >= 0.6 is 23.7 Å². The zero-order chi connectivity index (χ0) is 16.2. The zero-order valence-electron chi connectivity index (χ0n) is 13.8. The highest BCUT2D eigenvalue weighted by Crippen LogP contribution is 2.29. The van der Waals surface area contributed by atoms with Crippen LogP contribution in [0.1, 0.15) is 22.5 Å². The molecule has 0 spiro atoms. The molecule has 1 N–H and O–H groups in total. The highest BCUT2D eigenvalue weighted by molar-refractivity contribution is 7.16. The molecule has 5 nitrogen and oxygen atoms in total. The van der Waals surface area contributed by atoms with Crippen LogP contribution in [0, 0.1) is 0 Å². The van der Waals surface area contributed by atoms with E-state index in [0.29, 0.717) is 10.9 Å². The molecule has 24 heavy (non-hydrogen) atoms. The molecule has 1 aliphatic heterocycles. The van der Waals surface area contributed by atoms with Gasteiger partial charge in [-0.2, -0.15) is 0 Å². The van der Waals surface area contributed by atoms with Crippen molar-refractivity contribution in [3.8, 4) is 16.3 Å². The smallest absolute Gasteiger partial charge is 0.265 e. The number of benzene rings is 1. The number of hydrogen-bond donors (Lipinski definition) is 1. The SMILES string of the molecule is CNCC1CCCN1C(=O)c1cnc(-c2ccc(OC)cc2)s1.Cl. The van der Waals surface area contributed by atoms with Gasteiger partial charge in [0.05, 0.1) is 13.3 Å². The summed E-state index contributed by atoms with van der Waals surface area (Å²) < 4.78 is 5.17. The molecule has 1 saturated heterocycles. The quantitative estimate of drug-likeness (QED) is 0.882. The number of likely N-dealkylation sites (tertiary alicyclic amines) is 1. The Kier molecular flexibility index (Phi) is 6.60. The summed E-state index contributed by atoms with van der Waals surface area (Å²) in [5, 5.41) is 4.03. The second kappa shape index (κ2) is 8.46. The molecule has 1 amide bonds. The number of thiazole rings is 1. The van der Waals surface area contributed by atoms with Gasteiger partial charge in [0, 0.05) is 24.7 Å². The molecule has 1 aromatic heterocycles. The molecule has 2 aromatic rings. The lowest BCUT2D eigenvalue weighted by Gasteiger charge is -2.23. The summed E-state index contributed by atoms with van der Waals surface area (Å²) in [5.74, 6) is 0.911. The normalized spacial score (nSPS) is 16.8. The number of ether oxygens (including phenoxy) is 1. The summed E-state index contributed by atoms with van der Waals surface area (Å²) in [7, 11) is 3.57. The number of nitrogens with zero attached hydrogens (tertiary/aromatic N) is 2. The molecule has 1 aliphatic rings. The number of hydrogen-bond acceptors (Lipinski definition) is 5. The van der Waals surface area contributed by atoms with Crippen molar-refractivity contribution in [2.75, 3.05) is 27.2 Å². The Morgan fingerprint density at radius 1 is 1.42 bits per heavy atom. The first kappa shape index (κ1) is 18.7. The van der Waals surface area contributed by atoms with Gasteiger partial charge in [-0.25, -0.2) is 4.98 Å². The molecule has 0 aliphatic carbocycles. The van der Waals surface area contributed by atoms with E-state index in [1.807, 2.05) is 36.2 Å². The van der Waals surface area contributed by atoms with Crippen molar-refractivity contribution in [3.63, 3.8) is 0 Å². The zero-order valence-corrected chi connectivity index (χ0v) is 15.5. The summed E-state index contributed by atoms with van der Waals surface area (Å²) in [5.41, 5.74) is 1.00. The van der Waals surface area contributed by atoms with E-state index in [1.54, 1.807) is 13.3 Å². The van der Waals surface area contributed by atoms with Gasteiger partial charge in [0.15, 0.2) is 0 Å². The summed E-state index contributed by atoms with van der Waals surface area (Å²) in [6.45, 7) is 1.68. The molecule has 1 aromatic carbocycles. The maximum absolute atomic E-state index is 12.7. The van der Waals surface area contributed by atoms with Gasteiger partial charge in [0.2, 0.25) is 0 Å². The fourth-order valence-electron chi connectivity index (χ4n) is 2.93. The molecule has 7 heteroatoms. The van der Waals surface area contributed by atoms with E-state index in [2.05, 4.69) is 10.3 Å². The minimum Gasteiger partial charge on any atom is -0.497 e. The van der Waals surface area contributed by atoms with Crippen molar-refractivity contribution in [1.29, 1.82) is 0 Å². The molecular formula is C17H22ClN3O2S. The molecule has 0 saturated carbocycles. The first-order valence-corrected chi connectivity index (χ1v) is 8.60. The molecule has 1 atom stereocenters. The number of carbonyl (C=O) groups excluding carboxylic acids is 1. The number of methoxy groups -OCH3 is 1. The van der Waals surface area contributed by atoms with Gasteiger partial charge in [-0.05, 0) is 44.2 Å². The predicted molar refractivity (Wildman–Crippen MR) is 99.3 cm³/mol. The largest absolute Gasteiger partial charge is 0.497 e. The van der Waals surface area contributed by atoms with Crippen LogP contribution in [-0.4, -0.2) is 49.1 Å². The number of halogens is 1. The van der Waals surface area contributed by atoms with Crippen LogP contribution in [0.3, 0.4) is 0 Å². The van der Waals surface area contributed by atoms with Crippen molar-refractivity contribution in [1.82, 2.24) is 15.2 Å². The Labute approximate surface area is 152 Å². The summed E-state index contributed by atoms with van der Waals surface area (Å²) >= 11 is 1.45. The fraction of sp³-hybridized carbons (Fsp3) is 0.412. The van der Waals surface area contributed by atoms with E-state index < -0.39 is 0 Å². The predicted octanol–water partition coefficient (Wildman–Crippen LogP) is 3.06. The molecular weight excluding hydrogens is 346 g/mol. The number of nitrogens with one attached hydrogen (secondary N) is 1. The lowest BCUT2D eigenvalue weighted by atomic mass is 10.2. The number of aromatic nitrogens is 1. The van der Waals surface area contributed by atoms with Gasteiger partial charge in [-0.3, -0.25) is 4.79 Å². The Hall–Kier alpha value is -1.63. The Balaban J connectivity index is 0.00000208. The van der Waals surface area contributed by atoms with Crippen LogP contribution in [0.15, 0.2) is 30.5 Å². The number of amides is 1. The van der Waals surface area contributed by atoms with E-state index >= 15 is 0 Å². The van der Waals surface area contributed by atoms with E-state index in [1.165, 1.54) is 11.3 Å². The van der Waals surface area contributed by atoms with Crippen molar-refractivity contribution in [3.05, 3.63) is 35.3 Å². The summed E-state index contributed by atoms with van der Waals surface area (Å²) in [6, 6.07) is 8.03.